The van der Waals surface area contributed by atoms with Gasteiger partial charge in [0.05, 0.1) is 0 Å². The van der Waals surface area contributed by atoms with Gasteiger partial charge in [-0.25, -0.2) is 0 Å². The predicted octanol–water partition coefficient (Wildman–Crippen LogP) is 1.96. The standard InChI is InChI=1S/C16H26N4.HI/c1-17-16(19-12-15-9-11-20(2)13-15)18-10-8-14-6-4-3-5-7-14;/h3-7,15H,8-13H2,1-2H3,(H2,17,18,19);1H. The average Bonchev–Trinajstić information content (AvgIpc) is 2.89. The molecule has 0 saturated carbocycles. The molecule has 1 aliphatic rings. The van der Waals surface area contributed by atoms with Gasteiger partial charge in [-0.3, -0.25) is 4.99 Å². The minimum atomic E-state index is 0. The van der Waals surface area contributed by atoms with Gasteiger partial charge < -0.3 is 15.5 Å². The second-order valence-corrected chi connectivity index (χ2v) is 5.53. The molecule has 1 unspecified atom stereocenters. The maximum atomic E-state index is 4.28. The van der Waals surface area contributed by atoms with Gasteiger partial charge in [-0.2, -0.15) is 0 Å². The number of nitrogens with one attached hydrogen (secondary N) is 2. The Hall–Kier alpha value is -0.820. The Balaban J connectivity index is 0.00000220. The highest BCUT2D eigenvalue weighted by Gasteiger charge is 2.19. The Morgan fingerprint density at radius 3 is 2.67 bits per heavy atom. The summed E-state index contributed by atoms with van der Waals surface area (Å²) in [5, 5.41) is 6.81. The van der Waals surface area contributed by atoms with Gasteiger partial charge in [0.25, 0.3) is 0 Å². The van der Waals surface area contributed by atoms with Crippen molar-refractivity contribution in [2.75, 3.05) is 40.3 Å². The van der Waals surface area contributed by atoms with Gasteiger partial charge in [0.15, 0.2) is 5.96 Å². The monoisotopic (exact) mass is 402 g/mol. The van der Waals surface area contributed by atoms with Crippen LogP contribution in [0.25, 0.3) is 0 Å². The summed E-state index contributed by atoms with van der Waals surface area (Å²) >= 11 is 0. The van der Waals surface area contributed by atoms with Crippen LogP contribution in [0, 0.1) is 5.92 Å². The SMILES string of the molecule is CN=C(NCCc1ccccc1)NCC1CCN(C)C1.I. The van der Waals surface area contributed by atoms with Crippen molar-refractivity contribution in [1.82, 2.24) is 15.5 Å². The summed E-state index contributed by atoms with van der Waals surface area (Å²) in [6, 6.07) is 10.5. The molecule has 0 amide bonds. The fourth-order valence-corrected chi connectivity index (χ4v) is 2.62. The molecule has 1 aliphatic heterocycles. The summed E-state index contributed by atoms with van der Waals surface area (Å²) in [6.07, 6.45) is 2.30. The minimum Gasteiger partial charge on any atom is -0.356 e. The second-order valence-electron chi connectivity index (χ2n) is 5.53. The molecule has 2 N–H and O–H groups in total. The van der Waals surface area contributed by atoms with Crippen molar-refractivity contribution < 1.29 is 0 Å². The normalized spacial score (nSPS) is 19.1. The molecule has 1 aromatic carbocycles. The predicted molar refractivity (Wildman–Crippen MR) is 101 cm³/mol. The van der Waals surface area contributed by atoms with E-state index in [9.17, 15) is 0 Å². The van der Waals surface area contributed by atoms with Crippen LogP contribution >= 0.6 is 24.0 Å². The van der Waals surface area contributed by atoms with Gasteiger partial charge in [0.2, 0.25) is 0 Å². The van der Waals surface area contributed by atoms with E-state index >= 15 is 0 Å². The van der Waals surface area contributed by atoms with E-state index in [4.69, 9.17) is 0 Å². The highest BCUT2D eigenvalue weighted by Crippen LogP contribution is 2.12. The smallest absolute Gasteiger partial charge is 0.190 e. The Labute approximate surface area is 145 Å². The van der Waals surface area contributed by atoms with Crippen molar-refractivity contribution >= 4 is 29.9 Å². The molecule has 4 nitrogen and oxygen atoms in total. The third-order valence-corrected chi connectivity index (χ3v) is 3.82. The van der Waals surface area contributed by atoms with Crippen LogP contribution in [0.3, 0.4) is 0 Å². The summed E-state index contributed by atoms with van der Waals surface area (Å²) in [5.41, 5.74) is 1.35. The first-order chi connectivity index (χ1) is 9.78. The maximum Gasteiger partial charge on any atom is 0.190 e. The Kier molecular flexibility index (Phi) is 8.68. The van der Waals surface area contributed by atoms with Crippen molar-refractivity contribution in [3.8, 4) is 0 Å². The number of guanidine groups is 1. The van der Waals surface area contributed by atoms with Gasteiger partial charge in [0.1, 0.15) is 0 Å². The zero-order valence-electron chi connectivity index (χ0n) is 13.0. The molecule has 118 valence electrons. The lowest BCUT2D eigenvalue weighted by Crippen LogP contribution is -2.41. The molecule has 0 radical (unpaired) electrons. The lowest BCUT2D eigenvalue weighted by molar-refractivity contribution is 0.394. The molecule has 0 aromatic heterocycles. The number of likely N-dealkylation sites (tertiary alicyclic amines) is 1. The van der Waals surface area contributed by atoms with Gasteiger partial charge in [0, 0.05) is 26.7 Å². The van der Waals surface area contributed by atoms with Crippen LogP contribution < -0.4 is 10.6 Å². The molecule has 0 aliphatic carbocycles. The third kappa shape index (κ3) is 6.65. The summed E-state index contributed by atoms with van der Waals surface area (Å²) in [7, 11) is 4.02. The van der Waals surface area contributed by atoms with Crippen LogP contribution in [-0.2, 0) is 6.42 Å². The van der Waals surface area contributed by atoms with E-state index in [-0.39, 0.29) is 24.0 Å². The molecule has 5 heteroatoms. The number of hydrogen-bond acceptors (Lipinski definition) is 2. The number of rotatable bonds is 5. The van der Waals surface area contributed by atoms with Gasteiger partial charge in [-0.05, 0) is 37.9 Å². The molecule has 1 aromatic rings. The first-order valence-corrected chi connectivity index (χ1v) is 7.45. The van der Waals surface area contributed by atoms with Crippen molar-refractivity contribution in [3.63, 3.8) is 0 Å². The number of benzene rings is 1. The van der Waals surface area contributed by atoms with Gasteiger partial charge >= 0.3 is 0 Å². The van der Waals surface area contributed by atoms with Crippen LogP contribution in [0.2, 0.25) is 0 Å². The molecular formula is C16H27IN4. The van der Waals surface area contributed by atoms with Crippen molar-refractivity contribution in [2.45, 2.75) is 12.8 Å². The third-order valence-electron chi connectivity index (χ3n) is 3.82. The summed E-state index contributed by atoms with van der Waals surface area (Å²) < 4.78 is 0. The Bertz CT molecular complexity index is 422. The van der Waals surface area contributed by atoms with Crippen LogP contribution in [0.15, 0.2) is 35.3 Å². The minimum absolute atomic E-state index is 0. The lowest BCUT2D eigenvalue weighted by Gasteiger charge is -2.15. The zero-order valence-corrected chi connectivity index (χ0v) is 15.3. The zero-order chi connectivity index (χ0) is 14.2. The Morgan fingerprint density at radius 1 is 1.29 bits per heavy atom. The number of nitrogens with zero attached hydrogens (tertiary/aromatic N) is 2. The largest absolute Gasteiger partial charge is 0.356 e. The first-order valence-electron chi connectivity index (χ1n) is 7.45. The molecule has 1 saturated heterocycles. The molecule has 0 spiro atoms. The molecule has 21 heavy (non-hydrogen) atoms. The van der Waals surface area contributed by atoms with E-state index in [0.29, 0.717) is 0 Å². The highest BCUT2D eigenvalue weighted by molar-refractivity contribution is 14.0. The molecule has 1 heterocycles. The fourth-order valence-electron chi connectivity index (χ4n) is 2.62. The average molecular weight is 402 g/mol. The quantitative estimate of drug-likeness (QED) is 0.450. The molecular weight excluding hydrogens is 375 g/mol. The lowest BCUT2D eigenvalue weighted by atomic mass is 10.1. The van der Waals surface area contributed by atoms with E-state index in [0.717, 1.165) is 31.4 Å². The summed E-state index contributed by atoms with van der Waals surface area (Å²) in [6.45, 7) is 4.32. The molecule has 2 rings (SSSR count). The van der Waals surface area contributed by atoms with E-state index in [1.54, 1.807) is 0 Å². The number of halogens is 1. The fraction of sp³-hybridized carbons (Fsp3) is 0.562. The van der Waals surface area contributed by atoms with Gasteiger partial charge in [-0.15, -0.1) is 24.0 Å². The Morgan fingerprint density at radius 2 is 2.05 bits per heavy atom. The van der Waals surface area contributed by atoms with Crippen molar-refractivity contribution in [1.29, 1.82) is 0 Å². The van der Waals surface area contributed by atoms with E-state index in [1.807, 2.05) is 7.05 Å². The van der Waals surface area contributed by atoms with Crippen LogP contribution in [-0.4, -0.2) is 51.1 Å². The maximum absolute atomic E-state index is 4.28. The van der Waals surface area contributed by atoms with E-state index < -0.39 is 0 Å². The van der Waals surface area contributed by atoms with Crippen LogP contribution in [0.4, 0.5) is 0 Å². The van der Waals surface area contributed by atoms with Crippen molar-refractivity contribution in [3.05, 3.63) is 35.9 Å². The molecule has 1 atom stereocenters. The van der Waals surface area contributed by atoms with Crippen molar-refractivity contribution in [2.24, 2.45) is 10.9 Å². The summed E-state index contributed by atoms with van der Waals surface area (Å²) in [4.78, 5) is 6.67. The molecule has 1 fully saturated rings. The van der Waals surface area contributed by atoms with Gasteiger partial charge in [-0.1, -0.05) is 30.3 Å². The highest BCUT2D eigenvalue weighted by atomic mass is 127. The summed E-state index contributed by atoms with van der Waals surface area (Å²) in [5.74, 6) is 1.66. The van der Waals surface area contributed by atoms with E-state index in [1.165, 1.54) is 25.1 Å². The van der Waals surface area contributed by atoms with Crippen LogP contribution in [0.5, 0.6) is 0 Å². The first kappa shape index (κ1) is 18.2. The number of aliphatic imine (C=N–C) groups is 1. The van der Waals surface area contributed by atoms with Crippen LogP contribution in [0.1, 0.15) is 12.0 Å². The molecule has 0 bridgehead atoms. The van der Waals surface area contributed by atoms with E-state index in [2.05, 4.69) is 57.9 Å². The second kappa shape index (κ2) is 10.00. The topological polar surface area (TPSA) is 39.7 Å². The number of hydrogen-bond donors (Lipinski definition) is 2.